The van der Waals surface area contributed by atoms with E-state index < -0.39 is 12.1 Å². The van der Waals surface area contributed by atoms with Crippen molar-refractivity contribution >= 4 is 11.9 Å². The van der Waals surface area contributed by atoms with E-state index in [0.717, 1.165) is 42.1 Å². The van der Waals surface area contributed by atoms with Crippen LogP contribution < -0.4 is 4.74 Å². The fourth-order valence-electron chi connectivity index (χ4n) is 3.77. The topological polar surface area (TPSA) is 84.7 Å². The van der Waals surface area contributed by atoms with Gasteiger partial charge in [-0.2, -0.15) is 5.10 Å². The fourth-order valence-corrected chi connectivity index (χ4v) is 3.77. The molecule has 2 aromatic rings. The van der Waals surface area contributed by atoms with Gasteiger partial charge in [-0.15, -0.1) is 0 Å². The van der Waals surface area contributed by atoms with Crippen molar-refractivity contribution < 1.29 is 19.4 Å². The number of aliphatic carboxylic acids is 1. The number of ether oxygens (including phenoxy) is 1. The first-order chi connectivity index (χ1) is 13.1. The maximum atomic E-state index is 13.0. The number of carboxylic acid groups (broad SMARTS) is 1. The standard InChI is InChI=1S/C20H23N3O4/c24-19(25)9-7-15-12-16-13-22(10-3-11-23(16)21-15)20(26)18-8-6-14-4-1-2-5-17(14)27-18/h1-2,4-5,12,18H,3,6-11,13H2,(H,24,25)/t18-/m1/s1. The summed E-state index contributed by atoms with van der Waals surface area (Å²) in [5.74, 6) is -0.00566. The Morgan fingerprint density at radius 3 is 2.96 bits per heavy atom. The molecule has 0 fully saturated rings. The summed E-state index contributed by atoms with van der Waals surface area (Å²) in [6, 6.07) is 9.79. The van der Waals surface area contributed by atoms with Crippen LogP contribution in [0.25, 0.3) is 0 Å². The van der Waals surface area contributed by atoms with Crippen molar-refractivity contribution in [3.63, 3.8) is 0 Å². The first-order valence-electron chi connectivity index (χ1n) is 9.41. The molecule has 0 unspecified atom stereocenters. The molecule has 7 heteroatoms. The Morgan fingerprint density at radius 2 is 2.11 bits per heavy atom. The van der Waals surface area contributed by atoms with E-state index in [2.05, 4.69) is 5.10 Å². The number of carbonyl (C=O) groups excluding carboxylic acids is 1. The van der Waals surface area contributed by atoms with Crippen molar-refractivity contribution in [1.82, 2.24) is 14.7 Å². The molecule has 0 saturated carbocycles. The molecule has 142 valence electrons. The van der Waals surface area contributed by atoms with Crippen molar-refractivity contribution in [1.29, 1.82) is 0 Å². The first-order valence-corrected chi connectivity index (χ1v) is 9.41. The van der Waals surface area contributed by atoms with Crippen molar-refractivity contribution in [2.24, 2.45) is 0 Å². The minimum absolute atomic E-state index is 0.0197. The van der Waals surface area contributed by atoms with E-state index in [1.54, 1.807) is 0 Å². The first kappa shape index (κ1) is 17.6. The number of benzene rings is 1. The van der Waals surface area contributed by atoms with Crippen molar-refractivity contribution in [2.45, 2.75) is 51.3 Å². The highest BCUT2D eigenvalue weighted by Crippen LogP contribution is 2.28. The minimum atomic E-state index is -0.829. The number of amides is 1. The normalized spacial score (nSPS) is 18.8. The molecule has 0 aliphatic carbocycles. The molecular formula is C20H23N3O4. The molecule has 2 aliphatic rings. The van der Waals surface area contributed by atoms with Gasteiger partial charge in [-0.25, -0.2) is 0 Å². The number of aryl methyl sites for hydroxylation is 3. The maximum Gasteiger partial charge on any atom is 0.303 e. The Bertz CT molecular complexity index is 861. The van der Waals surface area contributed by atoms with Crippen LogP contribution in [-0.2, 0) is 35.5 Å². The van der Waals surface area contributed by atoms with Crippen LogP contribution in [0.3, 0.4) is 0 Å². The highest BCUT2D eigenvalue weighted by molar-refractivity contribution is 5.81. The van der Waals surface area contributed by atoms with E-state index in [0.29, 0.717) is 25.9 Å². The van der Waals surface area contributed by atoms with E-state index in [4.69, 9.17) is 9.84 Å². The highest BCUT2D eigenvalue weighted by atomic mass is 16.5. The lowest BCUT2D eigenvalue weighted by atomic mass is 10.0. The molecule has 3 heterocycles. The third-order valence-corrected chi connectivity index (χ3v) is 5.16. The molecule has 4 rings (SSSR count). The molecule has 7 nitrogen and oxygen atoms in total. The van der Waals surface area contributed by atoms with Gasteiger partial charge >= 0.3 is 5.97 Å². The lowest BCUT2D eigenvalue weighted by molar-refractivity contribution is -0.140. The molecule has 1 amide bonds. The zero-order chi connectivity index (χ0) is 18.8. The largest absolute Gasteiger partial charge is 0.481 e. The molecule has 0 bridgehead atoms. The number of hydrogen-bond acceptors (Lipinski definition) is 4. The Hall–Kier alpha value is -2.83. The van der Waals surface area contributed by atoms with Crippen molar-refractivity contribution in [2.75, 3.05) is 6.54 Å². The number of fused-ring (bicyclic) bond motifs is 2. The van der Waals surface area contributed by atoms with Crippen LogP contribution in [0.5, 0.6) is 5.75 Å². The van der Waals surface area contributed by atoms with Crippen LogP contribution in [0.15, 0.2) is 30.3 Å². The number of para-hydroxylation sites is 1. The van der Waals surface area contributed by atoms with Gasteiger partial charge in [-0.1, -0.05) is 18.2 Å². The van der Waals surface area contributed by atoms with Gasteiger partial charge in [0.15, 0.2) is 6.10 Å². The zero-order valence-electron chi connectivity index (χ0n) is 15.1. The van der Waals surface area contributed by atoms with Gasteiger partial charge in [0.2, 0.25) is 0 Å². The van der Waals surface area contributed by atoms with Crippen LogP contribution in [0.1, 0.15) is 36.2 Å². The summed E-state index contributed by atoms with van der Waals surface area (Å²) in [4.78, 5) is 25.7. The van der Waals surface area contributed by atoms with Crippen LogP contribution in [0.2, 0.25) is 0 Å². The molecule has 1 atom stereocenters. The molecule has 1 N–H and O–H groups in total. The third-order valence-electron chi connectivity index (χ3n) is 5.16. The summed E-state index contributed by atoms with van der Waals surface area (Å²) in [6.07, 6.45) is 2.39. The van der Waals surface area contributed by atoms with E-state index in [1.165, 1.54) is 0 Å². The Labute approximate surface area is 157 Å². The second-order valence-corrected chi connectivity index (χ2v) is 7.11. The SMILES string of the molecule is O=C(O)CCc1cc2n(n1)CCCN(C(=O)[C@H]1CCc3ccccc3O1)C2. The Balaban J connectivity index is 1.45. The molecule has 1 aromatic carbocycles. The summed E-state index contributed by atoms with van der Waals surface area (Å²) in [6.45, 7) is 1.90. The number of carboxylic acids is 1. The molecular weight excluding hydrogens is 346 g/mol. The van der Waals surface area contributed by atoms with E-state index in [-0.39, 0.29) is 12.3 Å². The number of carbonyl (C=O) groups is 2. The summed E-state index contributed by atoms with van der Waals surface area (Å²) in [5.41, 5.74) is 2.88. The maximum absolute atomic E-state index is 13.0. The molecule has 2 aliphatic heterocycles. The zero-order valence-corrected chi connectivity index (χ0v) is 15.1. The van der Waals surface area contributed by atoms with Gasteiger partial charge in [-0.05, 0) is 37.0 Å². The van der Waals surface area contributed by atoms with E-state index in [9.17, 15) is 9.59 Å². The van der Waals surface area contributed by atoms with Crippen LogP contribution >= 0.6 is 0 Å². The second-order valence-electron chi connectivity index (χ2n) is 7.11. The number of rotatable bonds is 4. The minimum Gasteiger partial charge on any atom is -0.481 e. The Kier molecular flexibility index (Phi) is 4.83. The fraction of sp³-hybridized carbons (Fsp3) is 0.450. The van der Waals surface area contributed by atoms with Crippen LogP contribution in [0.4, 0.5) is 0 Å². The Morgan fingerprint density at radius 1 is 1.26 bits per heavy atom. The van der Waals surface area contributed by atoms with Crippen molar-refractivity contribution in [3.8, 4) is 5.75 Å². The van der Waals surface area contributed by atoms with Gasteiger partial charge in [0.1, 0.15) is 5.75 Å². The third kappa shape index (κ3) is 3.82. The monoisotopic (exact) mass is 369 g/mol. The predicted octanol–water partition coefficient (Wildman–Crippen LogP) is 2.03. The molecule has 1 aromatic heterocycles. The van der Waals surface area contributed by atoms with Crippen molar-refractivity contribution in [3.05, 3.63) is 47.3 Å². The summed E-state index contributed by atoms with van der Waals surface area (Å²) >= 11 is 0. The van der Waals surface area contributed by atoms with Crippen LogP contribution in [-0.4, -0.2) is 44.3 Å². The average Bonchev–Trinajstić information content (AvgIpc) is 2.95. The lowest BCUT2D eigenvalue weighted by Crippen LogP contribution is -2.43. The number of nitrogens with zero attached hydrogens (tertiary/aromatic N) is 3. The van der Waals surface area contributed by atoms with Gasteiger partial charge in [0.25, 0.3) is 5.91 Å². The van der Waals surface area contributed by atoms with E-state index in [1.807, 2.05) is 39.9 Å². The smallest absolute Gasteiger partial charge is 0.303 e. The number of aromatic nitrogens is 2. The van der Waals surface area contributed by atoms with Gasteiger partial charge in [0, 0.05) is 19.5 Å². The lowest BCUT2D eigenvalue weighted by Gasteiger charge is -2.30. The van der Waals surface area contributed by atoms with Gasteiger partial charge < -0.3 is 14.7 Å². The predicted molar refractivity (Wildman–Crippen MR) is 97.4 cm³/mol. The highest BCUT2D eigenvalue weighted by Gasteiger charge is 2.31. The molecule has 27 heavy (non-hydrogen) atoms. The average molecular weight is 369 g/mol. The molecule has 0 radical (unpaired) electrons. The second kappa shape index (κ2) is 7.42. The summed E-state index contributed by atoms with van der Waals surface area (Å²) in [7, 11) is 0. The number of hydrogen-bond donors (Lipinski definition) is 1. The summed E-state index contributed by atoms with van der Waals surface area (Å²) in [5, 5.41) is 13.4. The molecule has 0 saturated heterocycles. The van der Waals surface area contributed by atoms with Gasteiger partial charge in [-0.3, -0.25) is 14.3 Å². The summed E-state index contributed by atoms with van der Waals surface area (Å²) < 4.78 is 7.87. The molecule has 0 spiro atoms. The van der Waals surface area contributed by atoms with Gasteiger partial charge in [0.05, 0.1) is 24.4 Å². The van der Waals surface area contributed by atoms with E-state index >= 15 is 0 Å². The quantitative estimate of drug-likeness (QED) is 0.891. The van der Waals surface area contributed by atoms with Crippen LogP contribution in [0, 0.1) is 0 Å².